The van der Waals surface area contributed by atoms with E-state index >= 15 is 0 Å². The van der Waals surface area contributed by atoms with E-state index in [1.54, 1.807) is 0 Å². The van der Waals surface area contributed by atoms with Crippen LogP contribution in [0, 0.1) is 6.92 Å². The number of hydrogen-bond donors (Lipinski definition) is 0. The fraction of sp³-hybridized carbons (Fsp3) is 0.174. The normalized spacial score (nSPS) is 11.2. The Hall–Kier alpha value is -3.11. The summed E-state index contributed by atoms with van der Waals surface area (Å²) in [4.78, 5) is 15.8. The molecule has 0 N–H and O–H groups in total. The lowest BCUT2D eigenvalue weighted by atomic mass is 10.1. The predicted molar refractivity (Wildman–Crippen MR) is 109 cm³/mol. The van der Waals surface area contributed by atoms with Crippen LogP contribution in [-0.4, -0.2) is 26.9 Å². The molecule has 0 radical (unpaired) electrons. The summed E-state index contributed by atoms with van der Waals surface area (Å²) in [5.41, 5.74) is 5.68. The zero-order valence-electron chi connectivity index (χ0n) is 15.6. The first-order valence-corrected chi connectivity index (χ1v) is 9.08. The van der Waals surface area contributed by atoms with E-state index in [2.05, 4.69) is 70.2 Å². The number of benzene rings is 2. The fourth-order valence-electron chi connectivity index (χ4n) is 3.33. The van der Waals surface area contributed by atoms with Crippen molar-refractivity contribution in [1.29, 1.82) is 0 Å². The predicted octanol–water partition coefficient (Wildman–Crippen LogP) is 4.63. The van der Waals surface area contributed by atoms with Crippen molar-refractivity contribution >= 4 is 10.9 Å². The largest absolute Gasteiger partial charge is 0.298 e. The second-order valence-corrected chi connectivity index (χ2v) is 6.94. The molecule has 0 aliphatic rings. The highest BCUT2D eigenvalue weighted by atomic mass is 15.1. The fourth-order valence-corrected chi connectivity index (χ4v) is 3.33. The minimum atomic E-state index is 0.769. The number of nitrogens with zero attached hydrogens (tertiary/aromatic N) is 4. The first kappa shape index (κ1) is 17.3. The van der Waals surface area contributed by atoms with E-state index in [0.717, 1.165) is 35.6 Å². The van der Waals surface area contributed by atoms with E-state index in [4.69, 9.17) is 0 Å². The van der Waals surface area contributed by atoms with Gasteiger partial charge in [0.2, 0.25) is 0 Å². The van der Waals surface area contributed by atoms with E-state index in [0.29, 0.717) is 0 Å². The summed E-state index contributed by atoms with van der Waals surface area (Å²) in [5.74, 6) is 0.769. The van der Waals surface area contributed by atoms with E-state index in [1.807, 2.05) is 36.8 Å². The SMILES string of the molecule is Cc1cccc(-c2ncc(CN(C)Cc3cccc4ncccc34)cn2)c1. The number of aryl methyl sites for hydroxylation is 1. The monoisotopic (exact) mass is 354 g/mol. The molecule has 4 heteroatoms. The van der Waals surface area contributed by atoms with Gasteiger partial charge in [-0.2, -0.15) is 0 Å². The number of aromatic nitrogens is 3. The van der Waals surface area contributed by atoms with Crippen LogP contribution >= 0.6 is 0 Å². The lowest BCUT2D eigenvalue weighted by Gasteiger charge is -2.17. The maximum absolute atomic E-state index is 4.55. The molecule has 2 aromatic carbocycles. The van der Waals surface area contributed by atoms with Crippen molar-refractivity contribution in [2.45, 2.75) is 20.0 Å². The Kier molecular flexibility index (Phi) is 4.90. The molecule has 0 bridgehead atoms. The third-order valence-corrected chi connectivity index (χ3v) is 4.61. The van der Waals surface area contributed by atoms with Crippen LogP contribution in [0.25, 0.3) is 22.3 Å². The molecular formula is C23H22N4. The topological polar surface area (TPSA) is 41.9 Å². The van der Waals surface area contributed by atoms with E-state index in [9.17, 15) is 0 Å². The van der Waals surface area contributed by atoms with Gasteiger partial charge in [0, 0.05) is 48.2 Å². The van der Waals surface area contributed by atoms with Gasteiger partial charge >= 0.3 is 0 Å². The van der Waals surface area contributed by atoms with Gasteiger partial charge in [-0.25, -0.2) is 9.97 Å². The van der Waals surface area contributed by atoms with Gasteiger partial charge in [0.15, 0.2) is 5.82 Å². The summed E-state index contributed by atoms with van der Waals surface area (Å²) in [6, 6.07) is 18.7. The van der Waals surface area contributed by atoms with Crippen molar-refractivity contribution in [2.75, 3.05) is 7.05 Å². The summed E-state index contributed by atoms with van der Waals surface area (Å²) in [6.07, 6.45) is 5.68. The van der Waals surface area contributed by atoms with Crippen LogP contribution in [0.5, 0.6) is 0 Å². The minimum Gasteiger partial charge on any atom is -0.298 e. The summed E-state index contributed by atoms with van der Waals surface area (Å²) in [7, 11) is 2.11. The highest BCUT2D eigenvalue weighted by molar-refractivity contribution is 5.81. The molecule has 0 unspecified atom stereocenters. The summed E-state index contributed by atoms with van der Waals surface area (Å²) in [5, 5.41) is 1.21. The molecule has 4 rings (SSSR count). The smallest absolute Gasteiger partial charge is 0.159 e. The molecule has 0 saturated carbocycles. The van der Waals surface area contributed by atoms with Crippen LogP contribution in [0.15, 0.2) is 73.2 Å². The molecule has 27 heavy (non-hydrogen) atoms. The highest BCUT2D eigenvalue weighted by Crippen LogP contribution is 2.19. The van der Waals surface area contributed by atoms with Crippen LogP contribution in [0.3, 0.4) is 0 Å². The van der Waals surface area contributed by atoms with Gasteiger partial charge in [-0.15, -0.1) is 0 Å². The Balaban J connectivity index is 1.47. The second kappa shape index (κ2) is 7.64. The summed E-state index contributed by atoms with van der Waals surface area (Å²) < 4.78 is 0. The maximum Gasteiger partial charge on any atom is 0.159 e. The van der Waals surface area contributed by atoms with Crippen LogP contribution in [0.2, 0.25) is 0 Å². The van der Waals surface area contributed by atoms with Gasteiger partial charge < -0.3 is 0 Å². The van der Waals surface area contributed by atoms with Crippen molar-refractivity contribution < 1.29 is 0 Å². The number of fused-ring (bicyclic) bond motifs is 1. The van der Waals surface area contributed by atoms with Gasteiger partial charge in [0.1, 0.15) is 0 Å². The van der Waals surface area contributed by atoms with Crippen molar-refractivity contribution in [3.05, 3.63) is 89.9 Å². The van der Waals surface area contributed by atoms with E-state index < -0.39 is 0 Å². The third kappa shape index (κ3) is 4.01. The minimum absolute atomic E-state index is 0.769. The van der Waals surface area contributed by atoms with E-state index in [-0.39, 0.29) is 0 Å². The highest BCUT2D eigenvalue weighted by Gasteiger charge is 2.07. The average Bonchev–Trinajstić information content (AvgIpc) is 2.69. The molecule has 2 aromatic heterocycles. The van der Waals surface area contributed by atoms with Crippen LogP contribution < -0.4 is 0 Å². The molecule has 0 spiro atoms. The van der Waals surface area contributed by atoms with Crippen LogP contribution in [-0.2, 0) is 13.1 Å². The molecule has 0 saturated heterocycles. The summed E-state index contributed by atoms with van der Waals surface area (Å²) in [6.45, 7) is 3.73. The van der Waals surface area contributed by atoms with Gasteiger partial charge in [-0.1, -0.05) is 42.0 Å². The molecule has 0 atom stereocenters. The molecule has 4 aromatic rings. The van der Waals surface area contributed by atoms with Gasteiger partial charge in [0.05, 0.1) is 5.52 Å². The maximum atomic E-state index is 4.55. The molecule has 0 fully saturated rings. The lowest BCUT2D eigenvalue weighted by molar-refractivity contribution is 0.319. The number of rotatable bonds is 5. The quantitative estimate of drug-likeness (QED) is 0.524. The Morgan fingerprint density at radius 3 is 2.48 bits per heavy atom. The zero-order chi connectivity index (χ0) is 18.6. The standard InChI is InChI=1S/C23H22N4/c1-17-6-3-7-19(12-17)23-25-13-18(14-26-23)15-27(2)16-20-8-4-10-22-21(20)9-5-11-24-22/h3-14H,15-16H2,1-2H3. The van der Waals surface area contributed by atoms with Crippen LogP contribution in [0.1, 0.15) is 16.7 Å². The zero-order valence-corrected chi connectivity index (χ0v) is 15.6. The first-order valence-electron chi connectivity index (χ1n) is 9.08. The third-order valence-electron chi connectivity index (χ3n) is 4.61. The Bertz CT molecular complexity index is 1050. The average molecular weight is 354 g/mol. The van der Waals surface area contributed by atoms with Crippen molar-refractivity contribution in [3.8, 4) is 11.4 Å². The molecule has 4 nitrogen and oxygen atoms in total. The number of hydrogen-bond acceptors (Lipinski definition) is 4. The van der Waals surface area contributed by atoms with Gasteiger partial charge in [-0.05, 0) is 37.7 Å². The van der Waals surface area contributed by atoms with Crippen molar-refractivity contribution in [1.82, 2.24) is 19.9 Å². The van der Waals surface area contributed by atoms with Crippen LogP contribution in [0.4, 0.5) is 0 Å². The van der Waals surface area contributed by atoms with E-state index in [1.165, 1.54) is 16.5 Å². The molecule has 0 aliphatic carbocycles. The molecule has 0 amide bonds. The van der Waals surface area contributed by atoms with Gasteiger partial charge in [-0.3, -0.25) is 9.88 Å². The Morgan fingerprint density at radius 2 is 1.67 bits per heavy atom. The molecular weight excluding hydrogens is 332 g/mol. The molecule has 134 valence electrons. The Labute approximate surface area is 159 Å². The lowest BCUT2D eigenvalue weighted by Crippen LogP contribution is -2.17. The molecule has 0 aliphatic heterocycles. The number of pyridine rings is 1. The first-order chi connectivity index (χ1) is 13.2. The molecule has 2 heterocycles. The van der Waals surface area contributed by atoms with Crippen molar-refractivity contribution in [3.63, 3.8) is 0 Å². The van der Waals surface area contributed by atoms with Gasteiger partial charge in [0.25, 0.3) is 0 Å². The Morgan fingerprint density at radius 1 is 0.852 bits per heavy atom. The second-order valence-electron chi connectivity index (χ2n) is 6.94. The van der Waals surface area contributed by atoms with Crippen molar-refractivity contribution in [2.24, 2.45) is 0 Å². The summed E-state index contributed by atoms with van der Waals surface area (Å²) >= 11 is 0.